The summed E-state index contributed by atoms with van der Waals surface area (Å²) in [6.45, 7) is 6.88. The molecular formula is C18H26N2O3. The summed E-state index contributed by atoms with van der Waals surface area (Å²) >= 11 is 0. The SMILES string of the molecule is CC(C)(C)OC(=O)NC1CCN(C(=O)Cc2ccccc2)CC1. The molecule has 0 aromatic heterocycles. The summed E-state index contributed by atoms with van der Waals surface area (Å²) in [5.41, 5.74) is 0.544. The van der Waals surface area contributed by atoms with Crippen LogP contribution in [0.1, 0.15) is 39.2 Å². The highest BCUT2D eigenvalue weighted by Gasteiger charge is 2.25. The van der Waals surface area contributed by atoms with Crippen LogP contribution in [0.3, 0.4) is 0 Å². The summed E-state index contributed by atoms with van der Waals surface area (Å²) in [6, 6.07) is 9.84. The van der Waals surface area contributed by atoms with E-state index < -0.39 is 5.60 Å². The van der Waals surface area contributed by atoms with Gasteiger partial charge < -0.3 is 15.0 Å². The largest absolute Gasteiger partial charge is 0.444 e. The van der Waals surface area contributed by atoms with E-state index in [1.165, 1.54) is 0 Å². The van der Waals surface area contributed by atoms with Crippen molar-refractivity contribution in [3.05, 3.63) is 35.9 Å². The number of benzene rings is 1. The van der Waals surface area contributed by atoms with Gasteiger partial charge in [0, 0.05) is 19.1 Å². The number of amides is 2. The van der Waals surface area contributed by atoms with Crippen LogP contribution < -0.4 is 5.32 Å². The average Bonchev–Trinajstić information content (AvgIpc) is 2.47. The van der Waals surface area contributed by atoms with E-state index in [4.69, 9.17) is 4.74 Å². The number of ether oxygens (including phenoxy) is 1. The summed E-state index contributed by atoms with van der Waals surface area (Å²) in [7, 11) is 0. The smallest absolute Gasteiger partial charge is 0.407 e. The third kappa shape index (κ3) is 5.93. The maximum atomic E-state index is 12.3. The van der Waals surface area contributed by atoms with Gasteiger partial charge in [-0.15, -0.1) is 0 Å². The van der Waals surface area contributed by atoms with E-state index in [1.807, 2.05) is 56.0 Å². The zero-order valence-electron chi connectivity index (χ0n) is 14.2. The van der Waals surface area contributed by atoms with Crippen LogP contribution in [0.2, 0.25) is 0 Å². The van der Waals surface area contributed by atoms with Crippen molar-refractivity contribution in [2.45, 2.75) is 51.7 Å². The molecule has 0 spiro atoms. The Morgan fingerprint density at radius 1 is 1.17 bits per heavy atom. The molecule has 2 amide bonds. The molecule has 1 heterocycles. The Morgan fingerprint density at radius 2 is 1.78 bits per heavy atom. The second-order valence-electron chi connectivity index (χ2n) is 6.96. The number of alkyl carbamates (subject to hydrolysis) is 1. The molecule has 0 atom stereocenters. The lowest BCUT2D eigenvalue weighted by molar-refractivity contribution is -0.131. The second-order valence-corrected chi connectivity index (χ2v) is 6.96. The minimum atomic E-state index is -0.490. The van der Waals surface area contributed by atoms with Crippen molar-refractivity contribution >= 4 is 12.0 Å². The van der Waals surface area contributed by atoms with Crippen LogP contribution in [0.25, 0.3) is 0 Å². The Bertz CT molecular complexity index is 529. The highest BCUT2D eigenvalue weighted by atomic mass is 16.6. The van der Waals surface area contributed by atoms with Gasteiger partial charge >= 0.3 is 6.09 Å². The van der Waals surface area contributed by atoms with Gasteiger partial charge in [0.1, 0.15) is 5.60 Å². The first-order valence-electron chi connectivity index (χ1n) is 8.15. The number of rotatable bonds is 3. The van der Waals surface area contributed by atoms with Gasteiger partial charge in [0.2, 0.25) is 5.91 Å². The molecule has 1 N–H and O–H groups in total. The van der Waals surface area contributed by atoms with Gasteiger partial charge in [0.25, 0.3) is 0 Å². The van der Waals surface area contributed by atoms with Gasteiger partial charge in [-0.25, -0.2) is 4.79 Å². The number of piperidine rings is 1. The number of carbonyl (C=O) groups is 2. The minimum absolute atomic E-state index is 0.0747. The number of nitrogens with zero attached hydrogens (tertiary/aromatic N) is 1. The van der Waals surface area contributed by atoms with Crippen LogP contribution in [0.15, 0.2) is 30.3 Å². The summed E-state index contributed by atoms with van der Waals surface area (Å²) < 4.78 is 5.26. The predicted octanol–water partition coefficient (Wildman–Crippen LogP) is 2.74. The molecule has 1 aromatic rings. The van der Waals surface area contributed by atoms with Crippen LogP contribution in [0.5, 0.6) is 0 Å². The van der Waals surface area contributed by atoms with Crippen LogP contribution in [0, 0.1) is 0 Å². The van der Waals surface area contributed by atoms with Crippen LogP contribution in [-0.2, 0) is 16.0 Å². The van der Waals surface area contributed by atoms with Crippen molar-refractivity contribution in [3.8, 4) is 0 Å². The van der Waals surface area contributed by atoms with Crippen LogP contribution >= 0.6 is 0 Å². The fraction of sp³-hybridized carbons (Fsp3) is 0.556. The molecule has 0 saturated carbocycles. The Balaban J connectivity index is 1.75. The van der Waals surface area contributed by atoms with E-state index in [2.05, 4.69) is 5.32 Å². The Kier molecular flexibility index (Phi) is 5.64. The third-order valence-corrected chi connectivity index (χ3v) is 3.77. The highest BCUT2D eigenvalue weighted by Crippen LogP contribution is 2.14. The predicted molar refractivity (Wildman–Crippen MR) is 89.1 cm³/mol. The molecular weight excluding hydrogens is 292 g/mol. The number of hydrogen-bond donors (Lipinski definition) is 1. The summed E-state index contributed by atoms with van der Waals surface area (Å²) in [6.07, 6.45) is 1.58. The molecule has 0 aliphatic carbocycles. The third-order valence-electron chi connectivity index (χ3n) is 3.77. The Hall–Kier alpha value is -2.04. The Morgan fingerprint density at radius 3 is 2.35 bits per heavy atom. The molecule has 23 heavy (non-hydrogen) atoms. The zero-order chi connectivity index (χ0) is 16.9. The number of carbonyl (C=O) groups excluding carboxylic acids is 2. The first-order valence-corrected chi connectivity index (χ1v) is 8.15. The molecule has 5 heteroatoms. The molecule has 1 aromatic carbocycles. The van der Waals surface area contributed by atoms with Gasteiger partial charge in [0.05, 0.1) is 6.42 Å². The van der Waals surface area contributed by atoms with Crippen LogP contribution in [-0.4, -0.2) is 41.6 Å². The van der Waals surface area contributed by atoms with E-state index in [-0.39, 0.29) is 18.0 Å². The van der Waals surface area contributed by atoms with Gasteiger partial charge in [-0.05, 0) is 39.2 Å². The van der Waals surface area contributed by atoms with Gasteiger partial charge in [-0.3, -0.25) is 4.79 Å². The normalized spacial score (nSPS) is 16.0. The standard InChI is InChI=1S/C18H26N2O3/c1-18(2,3)23-17(22)19-15-9-11-20(12-10-15)16(21)13-14-7-5-4-6-8-14/h4-8,15H,9-13H2,1-3H3,(H,19,22). The summed E-state index contributed by atoms with van der Waals surface area (Å²) in [5.74, 6) is 0.145. The number of likely N-dealkylation sites (tertiary alicyclic amines) is 1. The number of nitrogens with one attached hydrogen (secondary N) is 1. The van der Waals surface area contributed by atoms with Gasteiger partial charge in [-0.2, -0.15) is 0 Å². The lowest BCUT2D eigenvalue weighted by Gasteiger charge is -2.33. The van der Waals surface area contributed by atoms with E-state index in [1.54, 1.807) is 0 Å². The summed E-state index contributed by atoms with van der Waals surface area (Å²) in [4.78, 5) is 25.9. The molecule has 0 radical (unpaired) electrons. The monoisotopic (exact) mass is 318 g/mol. The topological polar surface area (TPSA) is 58.6 Å². The maximum Gasteiger partial charge on any atom is 0.407 e. The lowest BCUT2D eigenvalue weighted by Crippen LogP contribution is -2.47. The van der Waals surface area contributed by atoms with E-state index in [0.29, 0.717) is 19.5 Å². The fourth-order valence-corrected chi connectivity index (χ4v) is 2.63. The average molecular weight is 318 g/mol. The molecule has 1 saturated heterocycles. The molecule has 126 valence electrons. The van der Waals surface area contributed by atoms with Crippen molar-refractivity contribution in [2.24, 2.45) is 0 Å². The molecule has 1 aliphatic rings. The highest BCUT2D eigenvalue weighted by molar-refractivity contribution is 5.79. The van der Waals surface area contributed by atoms with Gasteiger partial charge in [-0.1, -0.05) is 30.3 Å². The van der Waals surface area contributed by atoms with Crippen LogP contribution in [0.4, 0.5) is 4.79 Å². The van der Waals surface area contributed by atoms with E-state index in [9.17, 15) is 9.59 Å². The van der Waals surface area contributed by atoms with E-state index >= 15 is 0 Å². The quantitative estimate of drug-likeness (QED) is 0.932. The molecule has 5 nitrogen and oxygen atoms in total. The zero-order valence-corrected chi connectivity index (χ0v) is 14.2. The molecule has 0 unspecified atom stereocenters. The lowest BCUT2D eigenvalue weighted by atomic mass is 10.0. The fourth-order valence-electron chi connectivity index (χ4n) is 2.63. The molecule has 0 bridgehead atoms. The summed E-state index contributed by atoms with van der Waals surface area (Å²) in [5, 5.41) is 2.89. The Labute approximate surface area is 138 Å². The van der Waals surface area contributed by atoms with E-state index in [0.717, 1.165) is 18.4 Å². The molecule has 1 aliphatic heterocycles. The van der Waals surface area contributed by atoms with Gasteiger partial charge in [0.15, 0.2) is 0 Å². The minimum Gasteiger partial charge on any atom is -0.444 e. The molecule has 2 rings (SSSR count). The number of hydrogen-bond acceptors (Lipinski definition) is 3. The van der Waals surface area contributed by atoms with Crippen molar-refractivity contribution in [3.63, 3.8) is 0 Å². The first-order chi connectivity index (χ1) is 10.8. The van der Waals surface area contributed by atoms with Crippen molar-refractivity contribution in [1.82, 2.24) is 10.2 Å². The van der Waals surface area contributed by atoms with Crippen molar-refractivity contribution < 1.29 is 14.3 Å². The molecule has 1 fully saturated rings. The first kappa shape index (κ1) is 17.3. The maximum absolute atomic E-state index is 12.3. The van der Waals surface area contributed by atoms with Crippen molar-refractivity contribution in [1.29, 1.82) is 0 Å². The second kappa shape index (κ2) is 7.49. The van der Waals surface area contributed by atoms with Crippen molar-refractivity contribution in [2.75, 3.05) is 13.1 Å².